The van der Waals surface area contributed by atoms with Gasteiger partial charge in [0.25, 0.3) is 5.91 Å². The summed E-state index contributed by atoms with van der Waals surface area (Å²) in [6, 6.07) is 8.18. The molecule has 1 aliphatic rings. The van der Waals surface area contributed by atoms with Crippen molar-refractivity contribution in [3.05, 3.63) is 48.0 Å². The van der Waals surface area contributed by atoms with E-state index in [1.54, 1.807) is 24.4 Å². The van der Waals surface area contributed by atoms with Crippen LogP contribution >= 0.6 is 0 Å². The summed E-state index contributed by atoms with van der Waals surface area (Å²) in [5.41, 5.74) is 1.50. The summed E-state index contributed by atoms with van der Waals surface area (Å²) in [6.45, 7) is 2.43. The number of aromatic nitrogens is 2. The van der Waals surface area contributed by atoms with Crippen LogP contribution in [-0.2, 0) is 0 Å². The standard InChI is InChI=1S/C15H17FN4O/c16-12-1-3-13(4-2-12)20-8-6-11(10-20)9-17-15(21)14-5-7-18-19-14/h1-5,7,11H,6,8-10H2,(H,17,21)(H,18,19)/t11-/m0/s1. The molecule has 0 radical (unpaired) electrons. The number of rotatable bonds is 4. The smallest absolute Gasteiger partial charge is 0.269 e. The van der Waals surface area contributed by atoms with Crippen LogP contribution < -0.4 is 10.2 Å². The second kappa shape index (κ2) is 5.95. The Morgan fingerprint density at radius 3 is 2.90 bits per heavy atom. The van der Waals surface area contributed by atoms with Crippen molar-refractivity contribution in [3.8, 4) is 0 Å². The Morgan fingerprint density at radius 2 is 2.19 bits per heavy atom. The van der Waals surface area contributed by atoms with Gasteiger partial charge >= 0.3 is 0 Å². The van der Waals surface area contributed by atoms with Crippen LogP contribution in [0.15, 0.2) is 36.5 Å². The first-order valence-electron chi connectivity index (χ1n) is 7.00. The molecule has 0 bridgehead atoms. The maximum absolute atomic E-state index is 12.9. The molecular weight excluding hydrogens is 271 g/mol. The van der Waals surface area contributed by atoms with Gasteiger partial charge in [-0.1, -0.05) is 0 Å². The number of H-pyrrole nitrogens is 1. The summed E-state index contributed by atoms with van der Waals surface area (Å²) in [4.78, 5) is 14.0. The molecule has 0 spiro atoms. The minimum Gasteiger partial charge on any atom is -0.371 e. The largest absolute Gasteiger partial charge is 0.371 e. The van der Waals surface area contributed by atoms with Crippen LogP contribution in [0, 0.1) is 11.7 Å². The Hall–Kier alpha value is -2.37. The highest BCUT2D eigenvalue weighted by Crippen LogP contribution is 2.23. The fraction of sp³-hybridized carbons (Fsp3) is 0.333. The molecule has 1 atom stereocenters. The number of benzene rings is 1. The zero-order valence-electron chi connectivity index (χ0n) is 11.6. The molecule has 1 aliphatic heterocycles. The molecule has 1 aromatic heterocycles. The maximum atomic E-state index is 12.9. The third-order valence-electron chi connectivity index (χ3n) is 3.77. The average molecular weight is 288 g/mol. The van der Waals surface area contributed by atoms with Crippen molar-refractivity contribution in [1.82, 2.24) is 15.5 Å². The van der Waals surface area contributed by atoms with E-state index in [2.05, 4.69) is 20.4 Å². The van der Waals surface area contributed by atoms with Crippen molar-refractivity contribution in [3.63, 3.8) is 0 Å². The van der Waals surface area contributed by atoms with Crippen LogP contribution in [0.2, 0.25) is 0 Å². The topological polar surface area (TPSA) is 61.0 Å². The van der Waals surface area contributed by atoms with Crippen molar-refractivity contribution >= 4 is 11.6 Å². The maximum Gasteiger partial charge on any atom is 0.269 e. The van der Waals surface area contributed by atoms with E-state index < -0.39 is 0 Å². The lowest BCUT2D eigenvalue weighted by Gasteiger charge is -2.18. The fourth-order valence-corrected chi connectivity index (χ4v) is 2.60. The lowest BCUT2D eigenvalue weighted by Crippen LogP contribution is -2.31. The van der Waals surface area contributed by atoms with Crippen molar-refractivity contribution in [2.75, 3.05) is 24.5 Å². The Morgan fingerprint density at radius 1 is 1.38 bits per heavy atom. The first kappa shape index (κ1) is 13.6. The lowest BCUT2D eigenvalue weighted by atomic mass is 10.1. The first-order chi connectivity index (χ1) is 10.2. The normalized spacial score (nSPS) is 18.0. The van der Waals surface area contributed by atoms with E-state index in [0.29, 0.717) is 18.2 Å². The van der Waals surface area contributed by atoms with Gasteiger partial charge < -0.3 is 10.2 Å². The van der Waals surface area contributed by atoms with Gasteiger partial charge in [-0.3, -0.25) is 9.89 Å². The molecule has 5 nitrogen and oxygen atoms in total. The van der Waals surface area contributed by atoms with Gasteiger partial charge in [-0.15, -0.1) is 0 Å². The molecule has 1 saturated heterocycles. The zero-order valence-corrected chi connectivity index (χ0v) is 11.6. The number of aromatic amines is 1. The van der Waals surface area contributed by atoms with Gasteiger partial charge in [0.1, 0.15) is 11.5 Å². The molecule has 0 aliphatic carbocycles. The highest BCUT2D eigenvalue weighted by molar-refractivity contribution is 5.92. The summed E-state index contributed by atoms with van der Waals surface area (Å²) in [6.07, 6.45) is 2.57. The highest BCUT2D eigenvalue weighted by Gasteiger charge is 2.23. The monoisotopic (exact) mass is 288 g/mol. The van der Waals surface area contributed by atoms with Gasteiger partial charge in [0, 0.05) is 31.5 Å². The van der Waals surface area contributed by atoms with Gasteiger partial charge in [-0.25, -0.2) is 4.39 Å². The van der Waals surface area contributed by atoms with Crippen LogP contribution in [0.4, 0.5) is 10.1 Å². The van der Waals surface area contributed by atoms with E-state index in [1.807, 2.05) is 0 Å². The van der Waals surface area contributed by atoms with E-state index in [0.717, 1.165) is 25.2 Å². The number of carbonyl (C=O) groups excluding carboxylic acids is 1. The van der Waals surface area contributed by atoms with Crippen LogP contribution in [0.5, 0.6) is 0 Å². The van der Waals surface area contributed by atoms with E-state index >= 15 is 0 Å². The van der Waals surface area contributed by atoms with E-state index in [9.17, 15) is 9.18 Å². The number of hydrogen-bond donors (Lipinski definition) is 2. The predicted octanol–water partition coefficient (Wildman–Crippen LogP) is 1.81. The minimum atomic E-state index is -0.221. The molecule has 6 heteroatoms. The van der Waals surface area contributed by atoms with Gasteiger partial charge in [-0.05, 0) is 42.7 Å². The third-order valence-corrected chi connectivity index (χ3v) is 3.77. The first-order valence-corrected chi connectivity index (χ1v) is 7.00. The van der Waals surface area contributed by atoms with E-state index in [1.165, 1.54) is 12.1 Å². The van der Waals surface area contributed by atoms with Crippen LogP contribution in [0.25, 0.3) is 0 Å². The van der Waals surface area contributed by atoms with Crippen molar-refractivity contribution in [2.24, 2.45) is 5.92 Å². The van der Waals surface area contributed by atoms with E-state index in [4.69, 9.17) is 0 Å². The molecule has 21 heavy (non-hydrogen) atoms. The molecule has 2 heterocycles. The summed E-state index contributed by atoms with van der Waals surface area (Å²) in [7, 11) is 0. The number of amides is 1. The SMILES string of the molecule is O=C(NC[C@@H]1CCN(c2ccc(F)cc2)C1)c1ccn[nH]1. The molecule has 110 valence electrons. The quantitative estimate of drug-likeness (QED) is 0.902. The predicted molar refractivity (Wildman–Crippen MR) is 77.6 cm³/mol. The second-order valence-corrected chi connectivity index (χ2v) is 5.26. The van der Waals surface area contributed by atoms with Crippen LogP contribution in [0.3, 0.4) is 0 Å². The number of anilines is 1. The summed E-state index contributed by atoms with van der Waals surface area (Å²) in [5.74, 6) is 0.0518. The van der Waals surface area contributed by atoms with Crippen LogP contribution in [-0.4, -0.2) is 35.7 Å². The molecule has 1 amide bonds. The number of carbonyl (C=O) groups is 1. The Kier molecular flexibility index (Phi) is 3.85. The molecule has 2 aromatic rings. The number of nitrogens with zero attached hydrogens (tertiary/aromatic N) is 2. The van der Waals surface area contributed by atoms with Crippen molar-refractivity contribution < 1.29 is 9.18 Å². The summed E-state index contributed by atoms with van der Waals surface area (Å²) >= 11 is 0. The lowest BCUT2D eigenvalue weighted by molar-refractivity contribution is 0.0943. The highest BCUT2D eigenvalue weighted by atomic mass is 19.1. The van der Waals surface area contributed by atoms with Crippen molar-refractivity contribution in [1.29, 1.82) is 0 Å². The molecule has 2 N–H and O–H groups in total. The molecule has 1 aromatic carbocycles. The number of hydrogen-bond acceptors (Lipinski definition) is 3. The van der Waals surface area contributed by atoms with Gasteiger partial charge in [0.2, 0.25) is 0 Å². The zero-order chi connectivity index (χ0) is 14.7. The van der Waals surface area contributed by atoms with Gasteiger partial charge in [0.15, 0.2) is 0 Å². The summed E-state index contributed by atoms with van der Waals surface area (Å²) < 4.78 is 12.9. The molecular formula is C15H17FN4O. The average Bonchev–Trinajstić information content (AvgIpc) is 3.17. The van der Waals surface area contributed by atoms with Crippen molar-refractivity contribution in [2.45, 2.75) is 6.42 Å². The molecule has 0 unspecified atom stereocenters. The Bertz CT molecular complexity index is 597. The minimum absolute atomic E-state index is 0.132. The van der Waals surface area contributed by atoms with Gasteiger partial charge in [-0.2, -0.15) is 5.10 Å². The molecule has 0 saturated carbocycles. The Balaban J connectivity index is 1.51. The number of nitrogens with one attached hydrogen (secondary N) is 2. The fourth-order valence-electron chi connectivity index (χ4n) is 2.60. The Labute approximate surface area is 122 Å². The van der Waals surface area contributed by atoms with Crippen LogP contribution in [0.1, 0.15) is 16.9 Å². The second-order valence-electron chi connectivity index (χ2n) is 5.26. The van der Waals surface area contributed by atoms with E-state index in [-0.39, 0.29) is 11.7 Å². The molecule has 1 fully saturated rings. The third kappa shape index (κ3) is 3.21. The summed E-state index contributed by atoms with van der Waals surface area (Å²) in [5, 5.41) is 9.31. The van der Waals surface area contributed by atoms with Gasteiger partial charge in [0.05, 0.1) is 0 Å². The molecule has 3 rings (SSSR count). The number of halogens is 1.